The van der Waals surface area contributed by atoms with Crippen LogP contribution < -0.4 is 5.32 Å². The normalized spacial score (nSPS) is 10.2. The first-order chi connectivity index (χ1) is 8.15. The molecule has 0 spiro atoms. The van der Waals surface area contributed by atoms with Crippen molar-refractivity contribution in [3.05, 3.63) is 58.3 Å². The van der Waals surface area contributed by atoms with Gasteiger partial charge < -0.3 is 10.4 Å². The van der Waals surface area contributed by atoms with Gasteiger partial charge in [0, 0.05) is 22.8 Å². The molecule has 2 rings (SSSR count). The van der Waals surface area contributed by atoms with E-state index in [1.54, 1.807) is 24.3 Å². The summed E-state index contributed by atoms with van der Waals surface area (Å²) in [6.45, 7) is 0.560. The molecule has 2 nitrogen and oxygen atoms in total. The molecule has 2 N–H and O–H groups in total. The Morgan fingerprint density at radius 1 is 1.18 bits per heavy atom. The highest BCUT2D eigenvalue weighted by atomic mass is 79.9. The average molecular weight is 296 g/mol. The molecule has 0 aliphatic heterocycles. The van der Waals surface area contributed by atoms with Crippen molar-refractivity contribution in [1.82, 2.24) is 0 Å². The average Bonchev–Trinajstić information content (AvgIpc) is 2.28. The monoisotopic (exact) mass is 295 g/mol. The van der Waals surface area contributed by atoms with Crippen LogP contribution >= 0.6 is 15.9 Å². The lowest BCUT2D eigenvalue weighted by Gasteiger charge is -2.08. The molecule has 4 heteroatoms. The van der Waals surface area contributed by atoms with Crippen molar-refractivity contribution in [2.24, 2.45) is 0 Å². The number of hydrogen-bond acceptors (Lipinski definition) is 2. The topological polar surface area (TPSA) is 32.3 Å². The Morgan fingerprint density at radius 2 is 2.00 bits per heavy atom. The van der Waals surface area contributed by atoms with Crippen LogP contribution in [0.4, 0.5) is 10.1 Å². The summed E-state index contributed by atoms with van der Waals surface area (Å²) in [4.78, 5) is 0. The number of benzene rings is 2. The number of rotatable bonds is 3. The summed E-state index contributed by atoms with van der Waals surface area (Å²) in [7, 11) is 0. The van der Waals surface area contributed by atoms with Crippen LogP contribution in [0.5, 0.6) is 5.75 Å². The second-order valence-corrected chi connectivity index (χ2v) is 4.49. The molecule has 0 bridgehead atoms. The molecule has 88 valence electrons. The summed E-state index contributed by atoms with van der Waals surface area (Å²) in [6.07, 6.45) is 0. The van der Waals surface area contributed by atoms with Gasteiger partial charge in [0.1, 0.15) is 11.6 Å². The third-order valence-corrected chi connectivity index (χ3v) is 3.08. The smallest absolute Gasteiger partial charge is 0.124 e. The second kappa shape index (κ2) is 5.19. The van der Waals surface area contributed by atoms with Crippen molar-refractivity contribution in [3.63, 3.8) is 0 Å². The Hall–Kier alpha value is -1.55. The fraction of sp³-hybridized carbons (Fsp3) is 0.0769. The molecule has 0 unspecified atom stereocenters. The molecule has 2 aromatic carbocycles. The standard InChI is InChI=1S/C13H11BrFNO/c14-13-6-10(15)5-4-9(13)8-16-11-2-1-3-12(17)7-11/h1-7,16-17H,8H2. The summed E-state index contributed by atoms with van der Waals surface area (Å²) < 4.78 is 13.6. The number of aromatic hydroxyl groups is 1. The van der Waals surface area contributed by atoms with Gasteiger partial charge in [-0.3, -0.25) is 0 Å². The van der Waals surface area contributed by atoms with Crippen LogP contribution in [0, 0.1) is 5.82 Å². The maximum absolute atomic E-state index is 12.9. The van der Waals surface area contributed by atoms with E-state index in [1.807, 2.05) is 6.07 Å². The zero-order valence-electron chi connectivity index (χ0n) is 8.95. The lowest BCUT2D eigenvalue weighted by atomic mass is 10.2. The van der Waals surface area contributed by atoms with Gasteiger partial charge in [-0.1, -0.05) is 28.1 Å². The minimum absolute atomic E-state index is 0.216. The largest absolute Gasteiger partial charge is 0.508 e. The van der Waals surface area contributed by atoms with Gasteiger partial charge in [0.2, 0.25) is 0 Å². The van der Waals surface area contributed by atoms with Crippen molar-refractivity contribution in [2.45, 2.75) is 6.54 Å². The Bertz CT molecular complexity index is 531. The molecule has 0 aromatic heterocycles. The number of phenolic OH excluding ortho intramolecular Hbond substituents is 1. The Labute approximate surface area is 107 Å². The SMILES string of the molecule is Oc1cccc(NCc2ccc(F)cc2Br)c1. The fourth-order valence-corrected chi connectivity index (χ4v) is 1.97. The lowest BCUT2D eigenvalue weighted by molar-refractivity contribution is 0.475. The van der Waals surface area contributed by atoms with E-state index in [0.717, 1.165) is 15.7 Å². The molecule has 0 aliphatic carbocycles. The van der Waals surface area contributed by atoms with Crippen LogP contribution in [0.25, 0.3) is 0 Å². The summed E-state index contributed by atoms with van der Waals surface area (Å²) in [5, 5.41) is 12.5. The summed E-state index contributed by atoms with van der Waals surface area (Å²) in [5.74, 6) is -0.0499. The quantitative estimate of drug-likeness (QED) is 0.900. The maximum atomic E-state index is 12.9. The zero-order valence-corrected chi connectivity index (χ0v) is 10.5. The predicted octanol–water partition coefficient (Wildman–Crippen LogP) is 3.91. The molecule has 0 aliphatic rings. The van der Waals surface area contributed by atoms with Gasteiger partial charge in [-0.15, -0.1) is 0 Å². The first kappa shape index (κ1) is 11.9. The molecule has 0 amide bonds. The van der Waals surface area contributed by atoms with Crippen LogP contribution in [-0.2, 0) is 6.54 Å². The summed E-state index contributed by atoms with van der Waals surface area (Å²) >= 11 is 3.31. The minimum Gasteiger partial charge on any atom is -0.508 e. The third kappa shape index (κ3) is 3.20. The Morgan fingerprint density at radius 3 is 2.71 bits per heavy atom. The minimum atomic E-state index is -0.266. The Balaban J connectivity index is 2.07. The van der Waals surface area contributed by atoms with Crippen LogP contribution in [-0.4, -0.2) is 5.11 Å². The van der Waals surface area contributed by atoms with Crippen LogP contribution in [0.3, 0.4) is 0 Å². The highest BCUT2D eigenvalue weighted by Crippen LogP contribution is 2.20. The fourth-order valence-electron chi connectivity index (χ4n) is 1.48. The Kier molecular flexibility index (Phi) is 3.64. The molecule has 0 saturated heterocycles. The molecule has 0 radical (unpaired) electrons. The van der Waals surface area contributed by atoms with Crippen molar-refractivity contribution in [1.29, 1.82) is 0 Å². The molecule has 0 heterocycles. The van der Waals surface area contributed by atoms with Crippen molar-refractivity contribution in [3.8, 4) is 5.75 Å². The maximum Gasteiger partial charge on any atom is 0.124 e. The van der Waals surface area contributed by atoms with E-state index in [-0.39, 0.29) is 11.6 Å². The van der Waals surface area contributed by atoms with Gasteiger partial charge in [0.15, 0.2) is 0 Å². The van der Waals surface area contributed by atoms with Crippen LogP contribution in [0.15, 0.2) is 46.9 Å². The van der Waals surface area contributed by atoms with Gasteiger partial charge >= 0.3 is 0 Å². The molecule has 0 saturated carbocycles. The number of phenols is 1. The van der Waals surface area contributed by atoms with Gasteiger partial charge in [0.05, 0.1) is 0 Å². The number of hydrogen-bond donors (Lipinski definition) is 2. The molecular weight excluding hydrogens is 285 g/mol. The van der Waals surface area contributed by atoms with E-state index < -0.39 is 0 Å². The lowest BCUT2D eigenvalue weighted by Crippen LogP contribution is -2.00. The highest BCUT2D eigenvalue weighted by molar-refractivity contribution is 9.10. The van der Waals surface area contributed by atoms with Gasteiger partial charge in [-0.2, -0.15) is 0 Å². The molecule has 0 fully saturated rings. The van der Waals surface area contributed by atoms with Gasteiger partial charge in [0.25, 0.3) is 0 Å². The van der Waals surface area contributed by atoms with E-state index in [0.29, 0.717) is 6.54 Å². The van der Waals surface area contributed by atoms with Crippen molar-refractivity contribution < 1.29 is 9.50 Å². The molecular formula is C13H11BrFNO. The van der Waals surface area contributed by atoms with Gasteiger partial charge in [-0.05, 0) is 29.8 Å². The number of anilines is 1. The first-order valence-corrected chi connectivity index (χ1v) is 5.91. The van der Waals surface area contributed by atoms with E-state index in [9.17, 15) is 9.50 Å². The number of nitrogens with one attached hydrogen (secondary N) is 1. The first-order valence-electron chi connectivity index (χ1n) is 5.12. The van der Waals surface area contributed by atoms with Crippen molar-refractivity contribution >= 4 is 21.6 Å². The third-order valence-electron chi connectivity index (χ3n) is 2.34. The van der Waals surface area contributed by atoms with E-state index in [4.69, 9.17) is 0 Å². The second-order valence-electron chi connectivity index (χ2n) is 3.64. The van der Waals surface area contributed by atoms with Gasteiger partial charge in [-0.25, -0.2) is 4.39 Å². The molecule has 17 heavy (non-hydrogen) atoms. The van der Waals surface area contributed by atoms with E-state index in [1.165, 1.54) is 12.1 Å². The zero-order chi connectivity index (χ0) is 12.3. The molecule has 0 atom stereocenters. The van der Waals surface area contributed by atoms with E-state index in [2.05, 4.69) is 21.2 Å². The van der Waals surface area contributed by atoms with Crippen LogP contribution in [0.1, 0.15) is 5.56 Å². The molecule has 2 aromatic rings. The summed E-state index contributed by atoms with van der Waals surface area (Å²) in [6, 6.07) is 11.4. The highest BCUT2D eigenvalue weighted by Gasteiger charge is 2.01. The predicted molar refractivity (Wildman–Crippen MR) is 69.5 cm³/mol. The van der Waals surface area contributed by atoms with Crippen LogP contribution in [0.2, 0.25) is 0 Å². The van der Waals surface area contributed by atoms with E-state index >= 15 is 0 Å². The summed E-state index contributed by atoms with van der Waals surface area (Å²) in [5.41, 5.74) is 1.77. The number of halogens is 2. The van der Waals surface area contributed by atoms with Crippen molar-refractivity contribution in [2.75, 3.05) is 5.32 Å².